The number of carbonyl (C=O) groups is 12. The number of ether oxygens (including phenoxy) is 12. The third-order valence-corrected chi connectivity index (χ3v) is 19.9. The first-order valence-corrected chi connectivity index (χ1v) is 47.0. The summed E-state index contributed by atoms with van der Waals surface area (Å²) in [4.78, 5) is 143. The van der Waals surface area contributed by atoms with Gasteiger partial charge in [0.25, 0.3) is 0 Å². The van der Waals surface area contributed by atoms with Crippen molar-refractivity contribution in [3.8, 4) is 0 Å². The van der Waals surface area contributed by atoms with Gasteiger partial charge in [-0.05, 0) is 60.8 Å². The van der Waals surface area contributed by atoms with Gasteiger partial charge in [-0.3, -0.25) is 33.6 Å². The minimum absolute atomic E-state index is 0.00270. The number of amides is 5. The van der Waals surface area contributed by atoms with Gasteiger partial charge < -0.3 is 104 Å². The predicted molar refractivity (Wildman–Crippen MR) is 493 cm³/mol. The Balaban J connectivity index is 0.000000801. The molecule has 0 aliphatic rings. The van der Waals surface area contributed by atoms with Crippen molar-refractivity contribution in [2.75, 3.05) is 132 Å². The molecule has 0 fully saturated rings. The summed E-state index contributed by atoms with van der Waals surface area (Å²) in [6.07, 6.45) is 32.9. The molecule has 0 heterocycles. The number of aliphatic carboxylic acids is 3. The second-order valence-corrected chi connectivity index (χ2v) is 31.4. The quantitative estimate of drug-likeness (QED) is 0.0113. The van der Waals surface area contributed by atoms with Crippen LogP contribution in [0.2, 0.25) is 0 Å². The molecule has 736 valence electrons. The zero-order chi connectivity index (χ0) is 95.0. The van der Waals surface area contributed by atoms with Crippen LogP contribution in [-0.2, 0) is 141 Å². The van der Waals surface area contributed by atoms with Crippen molar-refractivity contribution in [3.63, 3.8) is 0 Å². The summed E-state index contributed by atoms with van der Waals surface area (Å²) in [6.45, 7) is 3.78. The summed E-state index contributed by atoms with van der Waals surface area (Å²) in [5.41, 5.74) is 8.80. The fourth-order valence-electron chi connectivity index (χ4n) is 12.8. The number of rotatable bonds is 83. The molecule has 0 radical (unpaired) electrons. The van der Waals surface area contributed by atoms with Gasteiger partial charge in [0, 0.05) is 64.7 Å². The molecule has 0 aliphatic heterocycles. The standard InChI is InChI=1S/C49H75N3O13.C43H64N2O10.C6H13NO4/c53-44(50-29-31-60-33-35-62-39-46(55)51-30-32-61-34-36-63-40-47(56)57)28-27-43(49(59)65-38-42-23-17-14-18-24-42)52-45(54)25-19-11-9-7-5-3-1-2-4-6-8-10-12-20-26-48(58)64-37-41-21-15-13-16-22-41;46-39(44-29-30-52-31-32-53-35-41(48)49)28-27-38(43(51)55-34-37-23-17-14-18-24-37)45-40(47)25-19-11-9-7-5-3-1-2-4-6-8-10-12-20-26-42(50)54-33-36-21-15-13-16-22-36;7-1-2-10-3-4-11-5-6(8)9/h13-18,21-24,43H,1-12,19-20,25-40H2,(H,50,53)(H,51,55)(H,52,54)(H,56,57);13-18,21-24,38H,1-12,19-20,25-35H2,(H,44,46)(H,45,47)(H,48,49);1-5,7H2,(H,8,9)/t43-;38-;/m00./s1. The number of unbranched alkanes of at least 4 members (excludes halogenated alkanes) is 26. The molecule has 5 amide bonds. The smallest absolute Gasteiger partial charge is 0.329 e. The third-order valence-electron chi connectivity index (χ3n) is 19.9. The van der Waals surface area contributed by atoms with Crippen molar-refractivity contribution in [2.45, 2.75) is 270 Å². The second kappa shape index (κ2) is 85.6. The van der Waals surface area contributed by atoms with Crippen molar-refractivity contribution in [2.24, 2.45) is 5.73 Å². The number of benzene rings is 4. The molecule has 131 heavy (non-hydrogen) atoms. The summed E-state index contributed by atoms with van der Waals surface area (Å²) >= 11 is 0. The van der Waals surface area contributed by atoms with Crippen LogP contribution in [0.25, 0.3) is 0 Å². The fraction of sp³-hybridized carbons (Fsp3) is 0.633. The van der Waals surface area contributed by atoms with Crippen molar-refractivity contribution in [1.29, 1.82) is 0 Å². The Hall–Kier alpha value is -9.84. The van der Waals surface area contributed by atoms with Gasteiger partial charge in [-0.25, -0.2) is 24.0 Å². The van der Waals surface area contributed by atoms with Gasteiger partial charge in [0.1, 0.15) is 64.9 Å². The molecule has 4 aromatic rings. The van der Waals surface area contributed by atoms with Gasteiger partial charge in [-0.1, -0.05) is 275 Å². The molecule has 0 saturated heterocycles. The lowest BCUT2D eigenvalue weighted by Crippen LogP contribution is -2.42. The van der Waals surface area contributed by atoms with Gasteiger partial charge in [-0.2, -0.15) is 0 Å². The highest BCUT2D eigenvalue weighted by atomic mass is 16.6. The summed E-state index contributed by atoms with van der Waals surface area (Å²) in [5, 5.41) is 38.8. The number of hydrogen-bond acceptors (Lipinski definition) is 25. The summed E-state index contributed by atoms with van der Waals surface area (Å²) in [6, 6.07) is 36.1. The lowest BCUT2D eigenvalue weighted by molar-refractivity contribution is -0.150. The molecule has 0 spiro atoms. The summed E-state index contributed by atoms with van der Waals surface area (Å²) in [7, 11) is 0. The molecule has 4 rings (SSSR count). The minimum atomic E-state index is -1.05. The Morgan fingerprint density at radius 3 is 0.763 bits per heavy atom. The van der Waals surface area contributed by atoms with Gasteiger partial charge >= 0.3 is 41.8 Å². The van der Waals surface area contributed by atoms with E-state index in [1.165, 1.54) is 89.9 Å². The Labute approximate surface area is 774 Å². The average Bonchev–Trinajstić information content (AvgIpc) is 0.892. The van der Waals surface area contributed by atoms with Crippen molar-refractivity contribution in [1.82, 2.24) is 26.6 Å². The van der Waals surface area contributed by atoms with E-state index in [0.717, 1.165) is 112 Å². The number of carboxylic acid groups (broad SMARTS) is 3. The highest BCUT2D eigenvalue weighted by Crippen LogP contribution is 2.19. The zero-order valence-electron chi connectivity index (χ0n) is 77.3. The molecule has 0 saturated carbocycles. The Kier molecular flexibility index (Phi) is 76.6. The van der Waals surface area contributed by atoms with E-state index >= 15 is 0 Å². The Morgan fingerprint density at radius 2 is 0.489 bits per heavy atom. The lowest BCUT2D eigenvalue weighted by atomic mass is 10.0. The first-order chi connectivity index (χ1) is 63.8. The van der Waals surface area contributed by atoms with Crippen LogP contribution in [0.5, 0.6) is 0 Å². The van der Waals surface area contributed by atoms with E-state index in [1.54, 1.807) is 0 Å². The molecule has 33 nitrogen and oxygen atoms in total. The number of hydrogen-bond donors (Lipinski definition) is 9. The lowest BCUT2D eigenvalue weighted by Gasteiger charge is -2.18. The van der Waals surface area contributed by atoms with E-state index in [-0.39, 0.29) is 179 Å². The number of nitrogens with two attached hydrogens (primary N) is 1. The van der Waals surface area contributed by atoms with Crippen LogP contribution < -0.4 is 32.3 Å². The zero-order valence-corrected chi connectivity index (χ0v) is 77.3. The third kappa shape index (κ3) is 77.5. The molecular weight excluding hydrogens is 1690 g/mol. The summed E-state index contributed by atoms with van der Waals surface area (Å²) < 4.78 is 62.3. The second-order valence-electron chi connectivity index (χ2n) is 31.4. The van der Waals surface area contributed by atoms with Crippen LogP contribution in [0, 0.1) is 0 Å². The van der Waals surface area contributed by atoms with E-state index in [1.807, 2.05) is 121 Å². The predicted octanol–water partition coefficient (Wildman–Crippen LogP) is 12.6. The van der Waals surface area contributed by atoms with Gasteiger partial charge in [-0.15, -0.1) is 0 Å². The molecule has 0 unspecified atom stereocenters. The van der Waals surface area contributed by atoms with E-state index in [2.05, 4.69) is 31.3 Å². The Bertz CT molecular complexity index is 3580. The molecule has 0 aliphatic carbocycles. The van der Waals surface area contributed by atoms with Crippen LogP contribution in [0.15, 0.2) is 121 Å². The number of carbonyl (C=O) groups excluding carboxylic acids is 9. The van der Waals surface area contributed by atoms with Crippen LogP contribution >= 0.6 is 0 Å². The molecular formula is C98H152N6O27. The van der Waals surface area contributed by atoms with E-state index in [0.29, 0.717) is 65.3 Å². The molecule has 2 atom stereocenters. The van der Waals surface area contributed by atoms with Crippen LogP contribution in [-0.4, -0.2) is 231 Å². The normalized spacial score (nSPS) is 11.3. The van der Waals surface area contributed by atoms with Gasteiger partial charge in [0.2, 0.25) is 29.5 Å². The maximum atomic E-state index is 13.0. The molecule has 0 aromatic heterocycles. The highest BCUT2D eigenvalue weighted by molar-refractivity contribution is 5.86. The maximum Gasteiger partial charge on any atom is 0.329 e. The first kappa shape index (κ1) is 117. The van der Waals surface area contributed by atoms with Crippen molar-refractivity contribution in [3.05, 3.63) is 144 Å². The molecule has 10 N–H and O–H groups in total. The van der Waals surface area contributed by atoms with Gasteiger partial charge in [0.15, 0.2) is 0 Å². The number of esters is 4. The first-order valence-electron chi connectivity index (χ1n) is 47.0. The van der Waals surface area contributed by atoms with Crippen molar-refractivity contribution < 1.29 is 130 Å². The van der Waals surface area contributed by atoms with Crippen molar-refractivity contribution >= 4 is 71.3 Å². The molecule has 4 aromatic carbocycles. The minimum Gasteiger partial charge on any atom is -0.480 e. The largest absolute Gasteiger partial charge is 0.480 e. The van der Waals surface area contributed by atoms with Crippen LogP contribution in [0.3, 0.4) is 0 Å². The highest BCUT2D eigenvalue weighted by Gasteiger charge is 2.26. The van der Waals surface area contributed by atoms with Crippen LogP contribution in [0.1, 0.15) is 253 Å². The molecule has 0 bridgehead atoms. The topological polar surface area (TPSA) is 462 Å². The monoisotopic (exact) mass is 1850 g/mol. The SMILES string of the molecule is NCCOCCOCC(=O)O.O=C(O)COCCOCCNC(=O)CC[C@H](NC(=O)CCCCCCCCCCCCCCCCC(=O)OCc1ccccc1)C(=O)OCc1ccccc1.O=C(O)COCCOCCNC(=O)COCCOCCNC(=O)CC[C@H](NC(=O)CCCCCCCCCCCCCCCCC(=O)OCc1ccccc1)C(=O)OCc1ccccc1. The Morgan fingerprint density at radius 1 is 0.252 bits per heavy atom. The average molecular weight is 1850 g/mol. The summed E-state index contributed by atoms with van der Waals surface area (Å²) in [5.74, 6) is -5.86. The number of carboxylic acids is 3. The van der Waals surface area contributed by atoms with E-state index < -0.39 is 48.5 Å². The maximum absolute atomic E-state index is 13.0. The van der Waals surface area contributed by atoms with Crippen LogP contribution in [0.4, 0.5) is 0 Å². The fourth-order valence-corrected chi connectivity index (χ4v) is 12.8. The number of nitrogens with one attached hydrogen (secondary N) is 5. The van der Waals surface area contributed by atoms with Gasteiger partial charge in [0.05, 0.1) is 79.3 Å². The van der Waals surface area contributed by atoms with E-state index in [4.69, 9.17) is 73.2 Å². The van der Waals surface area contributed by atoms with E-state index in [9.17, 15) is 57.5 Å². The molecule has 33 heteroatoms.